The number of benzene rings is 2. The molecule has 1 N–H and O–H groups in total. The summed E-state index contributed by atoms with van der Waals surface area (Å²) in [6.07, 6.45) is 0.560. The maximum atomic E-state index is 12.2. The van der Waals surface area contributed by atoms with Crippen LogP contribution in [0.15, 0.2) is 60.8 Å². The van der Waals surface area contributed by atoms with Crippen molar-refractivity contribution in [3.05, 3.63) is 76.5 Å². The van der Waals surface area contributed by atoms with Gasteiger partial charge in [0.25, 0.3) is 11.6 Å². The van der Waals surface area contributed by atoms with Gasteiger partial charge in [-0.1, -0.05) is 30.3 Å². The first-order valence-electron chi connectivity index (χ1n) is 8.51. The molecule has 0 radical (unpaired) electrons. The van der Waals surface area contributed by atoms with Crippen molar-refractivity contribution in [2.24, 2.45) is 0 Å². The lowest BCUT2D eigenvalue weighted by atomic mass is 10.1. The highest BCUT2D eigenvalue weighted by Crippen LogP contribution is 2.18. The number of anilines is 1. The first kappa shape index (κ1) is 19.0. The summed E-state index contributed by atoms with van der Waals surface area (Å²) in [5.74, 6) is -1.15. The van der Waals surface area contributed by atoms with Crippen LogP contribution < -0.4 is 5.32 Å². The number of nitro groups is 1. The molecule has 1 heterocycles. The van der Waals surface area contributed by atoms with Gasteiger partial charge in [-0.2, -0.15) is 0 Å². The number of esters is 1. The molecule has 1 amide bonds. The van der Waals surface area contributed by atoms with Crippen LogP contribution in [0.5, 0.6) is 0 Å². The van der Waals surface area contributed by atoms with E-state index in [-0.39, 0.29) is 17.8 Å². The van der Waals surface area contributed by atoms with E-state index in [1.165, 1.54) is 31.2 Å². The molecule has 2 aromatic carbocycles. The largest absolute Gasteiger partial charge is 0.452 e. The molecule has 8 nitrogen and oxygen atoms in total. The van der Waals surface area contributed by atoms with Gasteiger partial charge < -0.3 is 10.1 Å². The summed E-state index contributed by atoms with van der Waals surface area (Å²) < 4.78 is 5.20. The number of ether oxygens (including phenoxy) is 1. The number of pyridine rings is 1. The Bertz CT molecular complexity index is 1050. The summed E-state index contributed by atoms with van der Waals surface area (Å²) in [6.45, 7) is 1.44. The van der Waals surface area contributed by atoms with Crippen LogP contribution in [0.1, 0.15) is 12.5 Å². The molecule has 0 aliphatic heterocycles. The molecule has 3 rings (SSSR count). The van der Waals surface area contributed by atoms with Crippen LogP contribution in [0.2, 0.25) is 0 Å². The van der Waals surface area contributed by atoms with E-state index in [1.807, 2.05) is 24.3 Å². The molecular weight excluding hydrogens is 362 g/mol. The average molecular weight is 379 g/mol. The number of nitrogens with zero attached hydrogens (tertiary/aromatic N) is 2. The van der Waals surface area contributed by atoms with Crippen molar-refractivity contribution < 1.29 is 19.2 Å². The molecule has 0 saturated heterocycles. The van der Waals surface area contributed by atoms with Crippen LogP contribution in [0, 0.1) is 10.1 Å². The first-order valence-corrected chi connectivity index (χ1v) is 8.51. The van der Waals surface area contributed by atoms with Crippen molar-refractivity contribution >= 4 is 34.2 Å². The lowest BCUT2D eigenvalue weighted by molar-refractivity contribution is -0.384. The predicted octanol–water partition coefficient (Wildman–Crippen LogP) is 3.26. The van der Waals surface area contributed by atoms with Crippen LogP contribution in [-0.4, -0.2) is 27.9 Å². The van der Waals surface area contributed by atoms with E-state index in [9.17, 15) is 19.7 Å². The Morgan fingerprint density at radius 1 is 1.18 bits per heavy atom. The van der Waals surface area contributed by atoms with Crippen LogP contribution in [-0.2, 0) is 20.7 Å². The SMILES string of the molecule is CC(OC(=O)Cc1cccc2cccnc12)C(=O)Nc1cccc([N+](=O)[O-])c1. The molecule has 0 aliphatic rings. The monoisotopic (exact) mass is 379 g/mol. The van der Waals surface area contributed by atoms with Gasteiger partial charge in [0.1, 0.15) is 0 Å². The lowest BCUT2D eigenvalue weighted by Gasteiger charge is -2.14. The Hall–Kier alpha value is -3.81. The van der Waals surface area contributed by atoms with E-state index in [0.717, 1.165) is 5.39 Å². The summed E-state index contributed by atoms with van der Waals surface area (Å²) in [4.78, 5) is 39.0. The molecule has 3 aromatic rings. The molecule has 8 heteroatoms. The minimum Gasteiger partial charge on any atom is -0.452 e. The molecule has 0 aliphatic carbocycles. The molecule has 28 heavy (non-hydrogen) atoms. The zero-order valence-electron chi connectivity index (χ0n) is 15.0. The van der Waals surface area contributed by atoms with E-state index < -0.39 is 22.9 Å². The average Bonchev–Trinajstić information content (AvgIpc) is 2.68. The van der Waals surface area contributed by atoms with Gasteiger partial charge in [-0.15, -0.1) is 0 Å². The second-order valence-corrected chi connectivity index (χ2v) is 6.10. The van der Waals surface area contributed by atoms with E-state index in [0.29, 0.717) is 11.1 Å². The maximum Gasteiger partial charge on any atom is 0.311 e. The molecule has 0 bridgehead atoms. The van der Waals surface area contributed by atoms with E-state index in [1.54, 1.807) is 12.3 Å². The van der Waals surface area contributed by atoms with Crippen molar-refractivity contribution in [2.75, 3.05) is 5.32 Å². The smallest absolute Gasteiger partial charge is 0.311 e. The molecule has 0 spiro atoms. The highest BCUT2D eigenvalue weighted by Gasteiger charge is 2.19. The second kappa shape index (κ2) is 8.26. The van der Waals surface area contributed by atoms with Crippen molar-refractivity contribution in [1.29, 1.82) is 0 Å². The molecule has 0 saturated carbocycles. The van der Waals surface area contributed by atoms with Gasteiger partial charge in [-0.25, -0.2) is 0 Å². The third kappa shape index (κ3) is 4.47. The third-order valence-corrected chi connectivity index (χ3v) is 4.05. The number of fused-ring (bicyclic) bond motifs is 1. The summed E-state index contributed by atoms with van der Waals surface area (Å²) in [7, 11) is 0. The number of nitro benzene ring substituents is 1. The summed E-state index contributed by atoms with van der Waals surface area (Å²) in [5.41, 5.74) is 1.51. The number of nitrogens with one attached hydrogen (secondary N) is 1. The molecule has 1 atom stereocenters. The van der Waals surface area contributed by atoms with Gasteiger partial charge in [-0.3, -0.25) is 24.7 Å². The fourth-order valence-electron chi connectivity index (χ4n) is 2.70. The van der Waals surface area contributed by atoms with Crippen molar-refractivity contribution in [3.63, 3.8) is 0 Å². The molecular formula is C20H17N3O5. The van der Waals surface area contributed by atoms with Crippen LogP contribution in [0.3, 0.4) is 0 Å². The number of non-ortho nitro benzene ring substituents is 1. The van der Waals surface area contributed by atoms with E-state index >= 15 is 0 Å². The second-order valence-electron chi connectivity index (χ2n) is 6.10. The number of amides is 1. The van der Waals surface area contributed by atoms with Crippen LogP contribution >= 0.6 is 0 Å². The Morgan fingerprint density at radius 2 is 1.93 bits per heavy atom. The zero-order chi connectivity index (χ0) is 20.1. The van der Waals surface area contributed by atoms with Gasteiger partial charge in [0, 0.05) is 29.4 Å². The zero-order valence-corrected chi connectivity index (χ0v) is 15.0. The van der Waals surface area contributed by atoms with Gasteiger partial charge >= 0.3 is 5.97 Å². The Kier molecular flexibility index (Phi) is 5.59. The summed E-state index contributed by atoms with van der Waals surface area (Å²) >= 11 is 0. The maximum absolute atomic E-state index is 12.2. The lowest BCUT2D eigenvalue weighted by Crippen LogP contribution is -2.30. The molecule has 142 valence electrons. The predicted molar refractivity (Wildman–Crippen MR) is 103 cm³/mol. The topological polar surface area (TPSA) is 111 Å². The van der Waals surface area contributed by atoms with E-state index in [4.69, 9.17) is 4.74 Å². The number of hydrogen-bond donors (Lipinski definition) is 1. The fourth-order valence-corrected chi connectivity index (χ4v) is 2.70. The van der Waals surface area contributed by atoms with Gasteiger partial charge in [0.2, 0.25) is 0 Å². The Morgan fingerprint density at radius 3 is 2.71 bits per heavy atom. The molecule has 1 unspecified atom stereocenters. The number of carbonyl (C=O) groups is 2. The van der Waals surface area contributed by atoms with Crippen LogP contribution in [0.25, 0.3) is 10.9 Å². The molecule has 1 aromatic heterocycles. The number of carbonyl (C=O) groups excluding carboxylic acids is 2. The highest BCUT2D eigenvalue weighted by atomic mass is 16.6. The quantitative estimate of drug-likeness (QED) is 0.400. The fraction of sp³-hybridized carbons (Fsp3) is 0.150. The van der Waals surface area contributed by atoms with Crippen molar-refractivity contribution in [3.8, 4) is 0 Å². The summed E-state index contributed by atoms with van der Waals surface area (Å²) in [5, 5.41) is 14.2. The Balaban J connectivity index is 1.63. The third-order valence-electron chi connectivity index (χ3n) is 4.05. The van der Waals surface area contributed by atoms with Crippen molar-refractivity contribution in [1.82, 2.24) is 4.98 Å². The van der Waals surface area contributed by atoms with Gasteiger partial charge in [0.05, 0.1) is 16.9 Å². The van der Waals surface area contributed by atoms with Crippen molar-refractivity contribution in [2.45, 2.75) is 19.4 Å². The normalized spacial score (nSPS) is 11.6. The van der Waals surface area contributed by atoms with Crippen LogP contribution in [0.4, 0.5) is 11.4 Å². The minimum atomic E-state index is -1.06. The summed E-state index contributed by atoms with van der Waals surface area (Å²) in [6, 6.07) is 14.7. The van der Waals surface area contributed by atoms with Gasteiger partial charge in [0.15, 0.2) is 6.10 Å². The number of hydrogen-bond acceptors (Lipinski definition) is 6. The van der Waals surface area contributed by atoms with Gasteiger partial charge in [-0.05, 0) is 24.6 Å². The first-order chi connectivity index (χ1) is 13.4. The van der Waals surface area contributed by atoms with E-state index in [2.05, 4.69) is 10.3 Å². The molecule has 0 fully saturated rings. The minimum absolute atomic E-state index is 0.0250. The number of para-hydroxylation sites is 1. The highest BCUT2D eigenvalue weighted by molar-refractivity contribution is 5.95. The Labute approximate surface area is 160 Å². The standard InChI is InChI=1S/C20H17N3O5/c1-13(20(25)22-16-8-3-9-17(12-16)23(26)27)28-18(24)11-15-6-2-5-14-7-4-10-21-19(14)15/h2-10,12-13H,11H2,1H3,(H,22,25). The number of rotatable bonds is 6. The number of aromatic nitrogens is 1.